The van der Waals surface area contributed by atoms with Gasteiger partial charge in [-0.15, -0.1) is 0 Å². The van der Waals surface area contributed by atoms with E-state index in [0.717, 1.165) is 55.2 Å². The number of allylic oxidation sites excluding steroid dienone is 3. The van der Waals surface area contributed by atoms with Crippen LogP contribution in [0.1, 0.15) is 64.9 Å². The maximum Gasteiger partial charge on any atom is 0.292 e. The van der Waals surface area contributed by atoms with Gasteiger partial charge in [0.1, 0.15) is 5.52 Å². The molecular weight excluding hydrogens is 450 g/mol. The standard InChI is InChI=1S/C28H34N2O3.C2H7N/c1-26(2)15-19-12-18-13-20(31)6-4-16(18)10-11-28(19,32)24-9-7-21(27(24,26)3)17-5-8-23-22(14-17)30-25(29)33-23;1-3-2/h5,7-8,12,14-16,20,24,31-32H,4,6,9-11,13H2,1-3H3,(H2,29,30);3H,1-2H3/t16?,20?,24?,27?,28-;/m1./s1. The van der Waals surface area contributed by atoms with Crippen molar-refractivity contribution >= 4 is 22.7 Å². The van der Waals surface area contributed by atoms with Crippen molar-refractivity contribution in [3.63, 3.8) is 0 Å². The molecule has 6 heteroatoms. The Labute approximate surface area is 214 Å². The minimum atomic E-state index is -0.861. The quantitative estimate of drug-likeness (QED) is 0.435. The predicted octanol–water partition coefficient (Wildman–Crippen LogP) is 5.23. The van der Waals surface area contributed by atoms with E-state index in [2.05, 4.69) is 61.4 Å². The van der Waals surface area contributed by atoms with Gasteiger partial charge in [0.2, 0.25) is 0 Å². The fraction of sp³-hybridized carbons (Fsp3) is 0.567. The number of oxazole rings is 1. The van der Waals surface area contributed by atoms with Crippen molar-refractivity contribution in [2.24, 2.45) is 22.7 Å². The molecule has 6 rings (SSSR count). The van der Waals surface area contributed by atoms with Crippen LogP contribution in [0.2, 0.25) is 0 Å². The van der Waals surface area contributed by atoms with Gasteiger partial charge in [0.15, 0.2) is 5.58 Å². The molecule has 1 aromatic carbocycles. The summed E-state index contributed by atoms with van der Waals surface area (Å²) in [5, 5.41) is 25.4. The summed E-state index contributed by atoms with van der Waals surface area (Å²) in [5.41, 5.74) is 10.8. The molecule has 4 aliphatic carbocycles. The zero-order valence-electron chi connectivity index (χ0n) is 22.3. The first-order chi connectivity index (χ1) is 17.0. The summed E-state index contributed by atoms with van der Waals surface area (Å²) in [6.07, 6.45) is 11.9. The van der Waals surface area contributed by atoms with Crippen LogP contribution < -0.4 is 11.1 Å². The molecule has 0 amide bonds. The summed E-state index contributed by atoms with van der Waals surface area (Å²) >= 11 is 0. The van der Waals surface area contributed by atoms with Crippen molar-refractivity contribution in [2.75, 3.05) is 19.8 Å². The number of aliphatic hydroxyl groups is 2. The number of nitrogens with two attached hydrogens (primary N) is 1. The van der Waals surface area contributed by atoms with Crippen molar-refractivity contribution in [3.05, 3.63) is 53.1 Å². The van der Waals surface area contributed by atoms with Gasteiger partial charge in [0.05, 0.1) is 11.7 Å². The number of fused-ring (bicyclic) bond motifs is 5. The van der Waals surface area contributed by atoms with Crippen LogP contribution in [0.4, 0.5) is 6.01 Å². The molecule has 0 spiro atoms. The van der Waals surface area contributed by atoms with Gasteiger partial charge in [-0.2, -0.15) is 4.98 Å². The fourth-order valence-corrected chi connectivity index (χ4v) is 7.44. The van der Waals surface area contributed by atoms with Crippen molar-refractivity contribution in [1.82, 2.24) is 10.3 Å². The van der Waals surface area contributed by atoms with Crippen LogP contribution in [0.3, 0.4) is 0 Å². The Kier molecular flexibility index (Phi) is 6.21. The van der Waals surface area contributed by atoms with Gasteiger partial charge in [0.25, 0.3) is 6.01 Å². The molecule has 4 unspecified atom stereocenters. The lowest BCUT2D eigenvalue weighted by molar-refractivity contribution is -0.0651. The van der Waals surface area contributed by atoms with Gasteiger partial charge in [0, 0.05) is 11.3 Å². The number of aliphatic hydroxyl groups excluding tert-OH is 1. The van der Waals surface area contributed by atoms with E-state index in [1.54, 1.807) is 0 Å². The molecular formula is C30H41N3O3. The summed E-state index contributed by atoms with van der Waals surface area (Å²) in [5.74, 6) is 0.571. The largest absolute Gasteiger partial charge is 0.424 e. The second-order valence-corrected chi connectivity index (χ2v) is 12.0. The summed E-state index contributed by atoms with van der Waals surface area (Å²) in [7, 11) is 3.75. The number of hydrogen-bond donors (Lipinski definition) is 4. The van der Waals surface area contributed by atoms with E-state index in [-0.39, 0.29) is 28.9 Å². The van der Waals surface area contributed by atoms with E-state index in [9.17, 15) is 10.2 Å². The summed E-state index contributed by atoms with van der Waals surface area (Å²) in [6.45, 7) is 6.93. The van der Waals surface area contributed by atoms with E-state index in [1.165, 1.54) is 11.1 Å². The number of hydrogen-bond acceptors (Lipinski definition) is 6. The van der Waals surface area contributed by atoms with Gasteiger partial charge >= 0.3 is 0 Å². The highest BCUT2D eigenvalue weighted by atomic mass is 16.4. The van der Waals surface area contributed by atoms with Gasteiger partial charge in [-0.1, -0.05) is 50.6 Å². The number of nitrogens with one attached hydrogen (secondary N) is 1. The average molecular weight is 492 g/mol. The third-order valence-corrected chi connectivity index (χ3v) is 9.52. The molecule has 2 aromatic rings. The normalized spacial score (nSPS) is 34.8. The van der Waals surface area contributed by atoms with E-state index in [4.69, 9.17) is 10.2 Å². The second-order valence-electron chi connectivity index (χ2n) is 12.0. The van der Waals surface area contributed by atoms with Crippen LogP contribution in [-0.2, 0) is 0 Å². The van der Waals surface area contributed by atoms with E-state index >= 15 is 0 Å². The molecule has 1 saturated carbocycles. The summed E-state index contributed by atoms with van der Waals surface area (Å²) in [6, 6.07) is 6.30. The van der Waals surface area contributed by atoms with Gasteiger partial charge < -0.3 is 25.7 Å². The minimum Gasteiger partial charge on any atom is -0.424 e. The Morgan fingerprint density at radius 1 is 1.14 bits per heavy atom. The third kappa shape index (κ3) is 3.77. The lowest BCUT2D eigenvalue weighted by Crippen LogP contribution is -2.55. The predicted molar refractivity (Wildman–Crippen MR) is 145 cm³/mol. The Balaban J connectivity index is 0.000000848. The van der Waals surface area contributed by atoms with Crippen LogP contribution in [0.5, 0.6) is 0 Å². The summed E-state index contributed by atoms with van der Waals surface area (Å²) in [4.78, 5) is 4.34. The average Bonchev–Trinajstić information content (AvgIpc) is 3.33. The van der Waals surface area contributed by atoms with Crippen LogP contribution in [0, 0.1) is 22.7 Å². The van der Waals surface area contributed by atoms with Gasteiger partial charge in [-0.05, 0) is 92.8 Å². The molecule has 5 atom stereocenters. The van der Waals surface area contributed by atoms with Crippen molar-refractivity contribution < 1.29 is 14.6 Å². The van der Waals surface area contributed by atoms with Crippen molar-refractivity contribution in [1.29, 1.82) is 0 Å². The van der Waals surface area contributed by atoms with Crippen molar-refractivity contribution in [3.8, 4) is 0 Å². The van der Waals surface area contributed by atoms with E-state index < -0.39 is 5.60 Å². The second kappa shape index (κ2) is 8.86. The monoisotopic (exact) mass is 491 g/mol. The van der Waals surface area contributed by atoms with Crippen LogP contribution >= 0.6 is 0 Å². The van der Waals surface area contributed by atoms with Crippen LogP contribution in [0.15, 0.2) is 52.0 Å². The number of nitrogens with zero attached hydrogens (tertiary/aromatic N) is 1. The number of nitrogen functional groups attached to an aromatic ring is 1. The van der Waals surface area contributed by atoms with Gasteiger partial charge in [-0.3, -0.25) is 0 Å². The number of aromatic nitrogens is 1. The fourth-order valence-electron chi connectivity index (χ4n) is 7.44. The zero-order valence-corrected chi connectivity index (χ0v) is 22.3. The molecule has 1 heterocycles. The molecule has 0 saturated heterocycles. The molecule has 4 aliphatic rings. The Hall–Kier alpha value is -2.41. The first-order valence-electron chi connectivity index (χ1n) is 13.3. The maximum atomic E-state index is 12.3. The zero-order chi connectivity index (χ0) is 25.9. The topological polar surface area (TPSA) is 105 Å². The lowest BCUT2D eigenvalue weighted by atomic mass is 9.49. The van der Waals surface area contributed by atoms with Crippen LogP contribution in [-0.4, -0.2) is 41.0 Å². The summed E-state index contributed by atoms with van der Waals surface area (Å²) < 4.78 is 5.49. The molecule has 6 nitrogen and oxygen atoms in total. The minimum absolute atomic E-state index is 0.0926. The first kappa shape index (κ1) is 25.2. The van der Waals surface area contributed by atoms with Crippen molar-refractivity contribution in [2.45, 2.75) is 71.0 Å². The maximum absolute atomic E-state index is 12.3. The van der Waals surface area contributed by atoms with E-state index in [1.807, 2.05) is 20.2 Å². The molecule has 0 aliphatic heterocycles. The first-order valence-corrected chi connectivity index (χ1v) is 13.3. The number of rotatable bonds is 1. The number of anilines is 1. The molecule has 194 valence electrons. The Bertz CT molecular complexity index is 1260. The number of benzene rings is 1. The smallest absolute Gasteiger partial charge is 0.292 e. The lowest BCUT2D eigenvalue weighted by Gasteiger charge is -2.56. The molecule has 0 bridgehead atoms. The highest BCUT2D eigenvalue weighted by Crippen LogP contribution is 2.67. The van der Waals surface area contributed by atoms with Crippen LogP contribution in [0.25, 0.3) is 16.7 Å². The molecule has 0 radical (unpaired) electrons. The molecule has 5 N–H and O–H groups in total. The third-order valence-electron chi connectivity index (χ3n) is 9.52. The van der Waals surface area contributed by atoms with Gasteiger partial charge in [-0.25, -0.2) is 0 Å². The SMILES string of the molecule is CC1(C)C=C2C=C3CC(O)CCC3CC[C@]2(O)C2CC=C(c3ccc4oc(N)nc4c3)C21C.CNC. The Morgan fingerprint density at radius 2 is 1.89 bits per heavy atom. The highest BCUT2D eigenvalue weighted by Gasteiger charge is 2.62. The van der Waals surface area contributed by atoms with E-state index in [0.29, 0.717) is 11.5 Å². The molecule has 1 fully saturated rings. The molecule has 1 aromatic heterocycles. The molecule has 36 heavy (non-hydrogen) atoms. The highest BCUT2D eigenvalue weighted by molar-refractivity contribution is 5.83. The Morgan fingerprint density at radius 3 is 2.64 bits per heavy atom.